The Morgan fingerprint density at radius 2 is 1.32 bits per heavy atom. The Labute approximate surface area is 252 Å². The number of Topliss-reactive ketones (excluding diaryl/α,β-unsaturated/α-hetero) is 2. The summed E-state index contributed by atoms with van der Waals surface area (Å²) in [5.41, 5.74) is 4.08. The van der Waals surface area contributed by atoms with Gasteiger partial charge in [-0.05, 0) is 79.3 Å². The van der Waals surface area contributed by atoms with Gasteiger partial charge in [-0.3, -0.25) is 9.59 Å². The number of carbonyl (C=O) groups excluding carboxylic acids is 2. The number of hydrogen-bond donors (Lipinski definition) is 0. The number of aryl methyl sites for hydroxylation is 3. The summed E-state index contributed by atoms with van der Waals surface area (Å²) >= 11 is 0. The topological polar surface area (TPSA) is 37.4 Å². The van der Waals surface area contributed by atoms with Crippen molar-refractivity contribution in [3.8, 4) is 0 Å². The van der Waals surface area contributed by atoms with Crippen molar-refractivity contribution in [2.24, 2.45) is 0 Å². The zero-order chi connectivity index (χ0) is 31.1. The molecule has 4 aromatic carbocycles. The first kappa shape index (κ1) is 28.3. The minimum Gasteiger partial charge on any atom is -0.312 e. The highest BCUT2D eigenvalue weighted by molar-refractivity contribution is 6.39. The lowest BCUT2D eigenvalue weighted by atomic mass is 9.67. The third-order valence-corrected chi connectivity index (χ3v) is 9.54. The van der Waals surface area contributed by atoms with Gasteiger partial charge in [-0.2, -0.15) is 0 Å². The molecule has 222 valence electrons. The molecular formula is C37H29F4NO2. The number of ketones is 2. The second-order valence-electron chi connectivity index (χ2n) is 12.2. The minimum absolute atomic E-state index is 0.471. The highest BCUT2D eigenvalue weighted by atomic mass is 19.2. The largest absolute Gasteiger partial charge is 0.312 e. The molecule has 0 amide bonds. The maximum Gasteiger partial charge on any atom is 0.200 e. The summed E-state index contributed by atoms with van der Waals surface area (Å²) in [5.74, 6) is -10.3. The molecule has 1 fully saturated rings. The van der Waals surface area contributed by atoms with E-state index in [0.717, 1.165) is 76.6 Å². The summed E-state index contributed by atoms with van der Waals surface area (Å²) in [5, 5.41) is 2.21. The van der Waals surface area contributed by atoms with Crippen LogP contribution in [0.3, 0.4) is 0 Å². The Hall–Kier alpha value is -4.52. The number of hydrogen-bond acceptors (Lipinski definition) is 3. The summed E-state index contributed by atoms with van der Waals surface area (Å²) in [6, 6.07) is 16.6. The van der Waals surface area contributed by atoms with Gasteiger partial charge in [0, 0.05) is 11.1 Å². The second kappa shape index (κ2) is 10.0. The lowest BCUT2D eigenvalue weighted by Crippen LogP contribution is -2.32. The van der Waals surface area contributed by atoms with Crippen LogP contribution in [0.15, 0.2) is 72.0 Å². The fourth-order valence-electron chi connectivity index (χ4n) is 7.83. The van der Waals surface area contributed by atoms with Gasteiger partial charge >= 0.3 is 0 Å². The Balaban J connectivity index is 1.52. The monoisotopic (exact) mass is 595 g/mol. The van der Waals surface area contributed by atoms with E-state index in [4.69, 9.17) is 0 Å². The van der Waals surface area contributed by atoms with E-state index >= 15 is 0 Å². The molecule has 0 aromatic heterocycles. The van der Waals surface area contributed by atoms with Crippen molar-refractivity contribution in [1.29, 1.82) is 0 Å². The van der Waals surface area contributed by atoms with E-state index in [0.29, 0.717) is 0 Å². The maximum absolute atomic E-state index is 14.7. The van der Waals surface area contributed by atoms with Gasteiger partial charge in [-0.25, -0.2) is 17.6 Å². The quantitative estimate of drug-likeness (QED) is 0.0762. The van der Waals surface area contributed by atoms with Crippen LogP contribution in [0.25, 0.3) is 10.8 Å². The minimum atomic E-state index is -2.11. The summed E-state index contributed by atoms with van der Waals surface area (Å²) in [7, 11) is 0. The maximum atomic E-state index is 14.7. The van der Waals surface area contributed by atoms with Gasteiger partial charge in [0.05, 0.1) is 28.1 Å². The van der Waals surface area contributed by atoms with Crippen LogP contribution in [0.4, 0.5) is 28.9 Å². The van der Waals surface area contributed by atoms with Gasteiger partial charge in [-0.15, -0.1) is 0 Å². The van der Waals surface area contributed by atoms with Crippen molar-refractivity contribution in [3.63, 3.8) is 0 Å². The third-order valence-electron chi connectivity index (χ3n) is 9.54. The summed E-state index contributed by atoms with van der Waals surface area (Å²) in [6.45, 7) is 6.14. The van der Waals surface area contributed by atoms with Crippen molar-refractivity contribution in [2.45, 2.75) is 58.3 Å². The molecule has 0 bridgehead atoms. The first-order valence-electron chi connectivity index (χ1n) is 14.8. The van der Waals surface area contributed by atoms with Crippen LogP contribution in [0, 0.1) is 44.0 Å². The van der Waals surface area contributed by atoms with Crippen molar-refractivity contribution >= 4 is 33.7 Å². The molecule has 1 aliphatic heterocycles. The van der Waals surface area contributed by atoms with Crippen molar-refractivity contribution in [2.75, 3.05) is 4.90 Å². The van der Waals surface area contributed by atoms with Crippen LogP contribution in [0.2, 0.25) is 0 Å². The Bertz CT molecular complexity index is 1940. The molecule has 7 heteroatoms. The highest BCUT2D eigenvalue weighted by Crippen LogP contribution is 2.60. The molecule has 4 aromatic rings. The molecule has 1 heterocycles. The van der Waals surface area contributed by atoms with Gasteiger partial charge in [0.25, 0.3) is 0 Å². The Morgan fingerprint density at radius 3 is 1.93 bits per heavy atom. The molecule has 3 aliphatic rings. The number of allylic oxidation sites excluding steroid dienone is 4. The third kappa shape index (κ3) is 3.81. The zero-order valence-electron chi connectivity index (χ0n) is 24.6. The van der Waals surface area contributed by atoms with Crippen LogP contribution in [0.5, 0.6) is 0 Å². The van der Waals surface area contributed by atoms with E-state index in [2.05, 4.69) is 41.3 Å². The molecule has 7 rings (SSSR count). The Morgan fingerprint density at radius 1 is 0.727 bits per heavy atom. The van der Waals surface area contributed by atoms with E-state index in [-0.39, 0.29) is 0 Å². The SMILES string of the molecule is Cc1cc(C)c(N2/C(=C/C=C3C(=O)c4c(F)c(F)c(F)c(F)c4C3=O)C3(CCCCC3)c3c2ccc2ccccc32)c(C)c1. The first-order valence-corrected chi connectivity index (χ1v) is 14.8. The fourth-order valence-corrected chi connectivity index (χ4v) is 7.83. The molecule has 44 heavy (non-hydrogen) atoms. The van der Waals surface area contributed by atoms with Crippen LogP contribution in [-0.2, 0) is 5.41 Å². The van der Waals surface area contributed by atoms with E-state index in [1.54, 1.807) is 6.08 Å². The van der Waals surface area contributed by atoms with Gasteiger partial charge in [0.1, 0.15) is 0 Å². The standard InChI is InChI=1S/C37H29F4NO2/c1-19-17-20(2)34(21(3)18-19)42-25-13-11-22-9-5-6-10-23(22)29(25)37(15-7-4-8-16-37)26(42)14-12-24-35(43)27-28(36(24)44)31(39)33(41)32(40)30(27)38/h5-6,9-14,17-18H,4,7-8,15-16H2,1-3H3/b26-14+. The van der Waals surface area contributed by atoms with Crippen molar-refractivity contribution < 1.29 is 27.2 Å². The Kier molecular flexibility index (Phi) is 6.43. The highest BCUT2D eigenvalue weighted by Gasteiger charge is 2.50. The molecule has 0 unspecified atom stereocenters. The van der Waals surface area contributed by atoms with Gasteiger partial charge in [0.2, 0.25) is 11.6 Å². The lowest BCUT2D eigenvalue weighted by molar-refractivity contribution is 0.0986. The van der Waals surface area contributed by atoms with Gasteiger partial charge < -0.3 is 4.90 Å². The van der Waals surface area contributed by atoms with Gasteiger partial charge in [0.15, 0.2) is 23.3 Å². The second-order valence-corrected chi connectivity index (χ2v) is 12.2. The molecule has 0 radical (unpaired) electrons. The summed E-state index contributed by atoms with van der Waals surface area (Å²) in [4.78, 5) is 28.8. The average molecular weight is 596 g/mol. The average Bonchev–Trinajstić information content (AvgIpc) is 3.40. The molecule has 0 atom stereocenters. The summed E-state index contributed by atoms with van der Waals surface area (Å²) < 4.78 is 57.5. The van der Waals surface area contributed by atoms with Crippen LogP contribution in [0.1, 0.15) is 75.1 Å². The van der Waals surface area contributed by atoms with Gasteiger partial charge in [-0.1, -0.05) is 67.3 Å². The predicted octanol–water partition coefficient (Wildman–Crippen LogP) is 9.56. The molecular weight excluding hydrogens is 566 g/mol. The molecule has 1 saturated carbocycles. The number of fused-ring (bicyclic) bond motifs is 5. The molecule has 3 nitrogen and oxygen atoms in total. The van der Waals surface area contributed by atoms with Crippen LogP contribution >= 0.6 is 0 Å². The van der Waals surface area contributed by atoms with Crippen LogP contribution in [-0.4, -0.2) is 11.6 Å². The van der Waals surface area contributed by atoms with E-state index < -0.39 is 57.0 Å². The number of anilines is 2. The molecule has 0 saturated heterocycles. The smallest absolute Gasteiger partial charge is 0.200 e. The van der Waals surface area contributed by atoms with E-state index in [9.17, 15) is 27.2 Å². The molecule has 1 spiro atoms. The van der Waals surface area contributed by atoms with Crippen LogP contribution < -0.4 is 4.90 Å². The first-order chi connectivity index (χ1) is 21.1. The van der Waals surface area contributed by atoms with E-state index in [1.807, 2.05) is 32.9 Å². The number of nitrogens with zero attached hydrogens (tertiary/aromatic N) is 1. The molecule has 2 aliphatic carbocycles. The normalized spacial score (nSPS) is 18.1. The summed E-state index contributed by atoms with van der Waals surface area (Å²) in [6.07, 6.45) is 7.64. The van der Waals surface area contributed by atoms with E-state index in [1.165, 1.54) is 11.6 Å². The van der Waals surface area contributed by atoms with Crippen molar-refractivity contribution in [1.82, 2.24) is 0 Å². The number of halogens is 4. The fraction of sp³-hybridized carbons (Fsp3) is 0.243. The number of carbonyl (C=O) groups is 2. The predicted molar refractivity (Wildman–Crippen MR) is 163 cm³/mol. The number of benzene rings is 4. The zero-order valence-corrected chi connectivity index (χ0v) is 24.6. The lowest BCUT2D eigenvalue weighted by Gasteiger charge is -2.38. The number of rotatable bonds is 2. The molecule has 0 N–H and O–H groups in total. The van der Waals surface area contributed by atoms with Crippen molar-refractivity contribution in [3.05, 3.63) is 129 Å².